The first kappa shape index (κ1) is 18.5. The zero-order valence-electron chi connectivity index (χ0n) is 14.8. The average molecular weight is 384 g/mol. The van der Waals surface area contributed by atoms with E-state index >= 15 is 0 Å². The van der Waals surface area contributed by atoms with Crippen LogP contribution < -0.4 is 0 Å². The Morgan fingerprint density at radius 3 is 2.68 bits per heavy atom. The monoisotopic (exact) mass is 383 g/mol. The summed E-state index contributed by atoms with van der Waals surface area (Å²) in [7, 11) is 0. The van der Waals surface area contributed by atoms with Gasteiger partial charge in [-0.1, -0.05) is 44.0 Å². The minimum Gasteiger partial charge on any atom is -0.452 e. The molecular formula is C19H23Cl2NO3. The van der Waals surface area contributed by atoms with Crippen LogP contribution in [0.5, 0.6) is 0 Å². The highest BCUT2D eigenvalue weighted by Crippen LogP contribution is 2.52. The van der Waals surface area contributed by atoms with E-state index in [0.717, 1.165) is 25.8 Å². The van der Waals surface area contributed by atoms with Gasteiger partial charge in [-0.15, -0.1) is 0 Å². The number of esters is 1. The van der Waals surface area contributed by atoms with Crippen LogP contribution in [-0.2, 0) is 9.53 Å². The van der Waals surface area contributed by atoms with Crippen LogP contribution in [0.1, 0.15) is 50.4 Å². The predicted octanol–water partition coefficient (Wildman–Crippen LogP) is 4.58. The molecule has 2 fully saturated rings. The molecule has 1 amide bonds. The SMILES string of the molecule is CC1(C)C[C@H]2C[C@](C)(CN2C(=O)COC(=O)c2cc(Cl)ccc2Cl)C1. The lowest BCUT2D eigenvalue weighted by molar-refractivity contribution is -0.135. The highest BCUT2D eigenvalue weighted by molar-refractivity contribution is 6.35. The van der Waals surface area contributed by atoms with Crippen LogP contribution in [0.4, 0.5) is 0 Å². The van der Waals surface area contributed by atoms with Gasteiger partial charge in [0.2, 0.25) is 0 Å². The normalized spacial score (nSPS) is 27.2. The Kier molecular flexibility index (Phi) is 4.80. The van der Waals surface area contributed by atoms with Gasteiger partial charge in [0.15, 0.2) is 6.61 Å². The molecule has 0 spiro atoms. The quantitative estimate of drug-likeness (QED) is 0.717. The Labute approximate surface area is 158 Å². The van der Waals surface area contributed by atoms with E-state index in [1.807, 2.05) is 4.90 Å². The zero-order valence-corrected chi connectivity index (χ0v) is 16.3. The third kappa shape index (κ3) is 3.95. The van der Waals surface area contributed by atoms with Crippen molar-refractivity contribution in [3.05, 3.63) is 33.8 Å². The number of carbonyl (C=O) groups is 2. The minimum atomic E-state index is -0.630. The van der Waals surface area contributed by atoms with Gasteiger partial charge in [0, 0.05) is 17.6 Å². The molecule has 0 N–H and O–H groups in total. The summed E-state index contributed by atoms with van der Waals surface area (Å²) < 4.78 is 5.20. The lowest BCUT2D eigenvalue weighted by Gasteiger charge is -2.39. The van der Waals surface area contributed by atoms with Gasteiger partial charge in [0.1, 0.15) is 0 Å². The van der Waals surface area contributed by atoms with E-state index in [4.69, 9.17) is 27.9 Å². The third-order valence-electron chi connectivity index (χ3n) is 5.21. The highest BCUT2D eigenvalue weighted by atomic mass is 35.5. The van der Waals surface area contributed by atoms with Gasteiger partial charge in [-0.05, 0) is 48.3 Å². The molecule has 1 aromatic rings. The van der Waals surface area contributed by atoms with Gasteiger partial charge in [-0.3, -0.25) is 4.79 Å². The number of hydrogen-bond acceptors (Lipinski definition) is 3. The van der Waals surface area contributed by atoms with Crippen molar-refractivity contribution in [2.75, 3.05) is 13.2 Å². The lowest BCUT2D eigenvalue weighted by Crippen LogP contribution is -2.39. The first-order chi connectivity index (χ1) is 11.6. The van der Waals surface area contributed by atoms with E-state index in [9.17, 15) is 9.59 Å². The Bertz CT molecular complexity index is 719. The molecule has 0 aromatic heterocycles. The predicted molar refractivity (Wildman–Crippen MR) is 98.0 cm³/mol. The number of benzene rings is 1. The largest absolute Gasteiger partial charge is 0.452 e. The van der Waals surface area contributed by atoms with Crippen LogP contribution in [-0.4, -0.2) is 36.0 Å². The fourth-order valence-electron chi connectivity index (χ4n) is 4.69. The summed E-state index contributed by atoms with van der Waals surface area (Å²) in [6.07, 6.45) is 3.12. The molecule has 2 atom stereocenters. The van der Waals surface area contributed by atoms with Crippen LogP contribution in [0.25, 0.3) is 0 Å². The topological polar surface area (TPSA) is 46.6 Å². The molecule has 6 heteroatoms. The molecule has 3 rings (SSSR count). The Hall–Kier alpha value is -1.26. The summed E-state index contributed by atoms with van der Waals surface area (Å²) in [4.78, 5) is 26.7. The first-order valence-electron chi connectivity index (χ1n) is 8.50. The number of likely N-dealkylation sites (tertiary alicyclic amines) is 1. The smallest absolute Gasteiger partial charge is 0.340 e. The van der Waals surface area contributed by atoms with Crippen molar-refractivity contribution in [3.63, 3.8) is 0 Å². The maximum atomic E-state index is 12.6. The molecule has 1 aromatic carbocycles. The van der Waals surface area contributed by atoms with Gasteiger partial charge in [0.05, 0.1) is 10.6 Å². The summed E-state index contributed by atoms with van der Waals surface area (Å²) in [5.41, 5.74) is 0.565. The second-order valence-corrected chi connectivity index (χ2v) is 9.28. The van der Waals surface area contributed by atoms with Crippen molar-refractivity contribution < 1.29 is 14.3 Å². The second kappa shape index (κ2) is 6.48. The molecule has 1 saturated carbocycles. The van der Waals surface area contributed by atoms with Crippen LogP contribution in [0.3, 0.4) is 0 Å². The summed E-state index contributed by atoms with van der Waals surface area (Å²) in [5.74, 6) is -0.771. The van der Waals surface area contributed by atoms with E-state index in [0.29, 0.717) is 5.02 Å². The Morgan fingerprint density at radius 1 is 1.24 bits per heavy atom. The van der Waals surface area contributed by atoms with Crippen molar-refractivity contribution in [2.45, 2.75) is 46.1 Å². The van der Waals surface area contributed by atoms with E-state index in [2.05, 4.69) is 20.8 Å². The molecule has 2 bridgehead atoms. The number of nitrogens with zero attached hydrogens (tertiary/aromatic N) is 1. The molecular weight excluding hydrogens is 361 g/mol. The standard InChI is InChI=1S/C19H23Cl2NO3/c1-18(2)7-13-8-19(3,10-18)11-22(13)16(23)9-25-17(24)14-6-12(20)4-5-15(14)21/h4-6,13H,7-11H2,1-3H3/t13-,19-/m0/s1. The number of carbonyl (C=O) groups excluding carboxylic acids is 2. The van der Waals surface area contributed by atoms with Gasteiger partial charge in [-0.2, -0.15) is 0 Å². The molecule has 2 aliphatic rings. The van der Waals surface area contributed by atoms with Gasteiger partial charge in [0.25, 0.3) is 5.91 Å². The molecule has 1 saturated heterocycles. The number of halogens is 2. The Balaban J connectivity index is 1.64. The van der Waals surface area contributed by atoms with Crippen molar-refractivity contribution in [1.29, 1.82) is 0 Å². The molecule has 1 aliphatic carbocycles. The van der Waals surface area contributed by atoms with Crippen LogP contribution >= 0.6 is 23.2 Å². The number of hydrogen-bond donors (Lipinski definition) is 0. The third-order valence-corrected chi connectivity index (χ3v) is 5.77. The van der Waals surface area contributed by atoms with Crippen LogP contribution in [0, 0.1) is 10.8 Å². The zero-order chi connectivity index (χ0) is 18.4. The van der Waals surface area contributed by atoms with Crippen molar-refractivity contribution >= 4 is 35.1 Å². The van der Waals surface area contributed by atoms with Crippen molar-refractivity contribution in [2.24, 2.45) is 10.8 Å². The van der Waals surface area contributed by atoms with E-state index in [-0.39, 0.29) is 40.0 Å². The molecule has 1 aliphatic heterocycles. The number of fused-ring (bicyclic) bond motifs is 2. The molecule has 25 heavy (non-hydrogen) atoms. The summed E-state index contributed by atoms with van der Waals surface area (Å²) in [6.45, 7) is 7.22. The van der Waals surface area contributed by atoms with Gasteiger partial charge >= 0.3 is 5.97 Å². The highest BCUT2D eigenvalue weighted by Gasteiger charge is 2.50. The number of rotatable bonds is 3. The van der Waals surface area contributed by atoms with Gasteiger partial charge in [-0.25, -0.2) is 4.79 Å². The molecule has 1 heterocycles. The number of amides is 1. The summed E-state index contributed by atoms with van der Waals surface area (Å²) in [5, 5.41) is 0.652. The maximum Gasteiger partial charge on any atom is 0.340 e. The molecule has 4 nitrogen and oxygen atoms in total. The number of ether oxygens (including phenoxy) is 1. The van der Waals surface area contributed by atoms with E-state index in [1.54, 1.807) is 6.07 Å². The molecule has 136 valence electrons. The minimum absolute atomic E-state index is 0.141. The first-order valence-corrected chi connectivity index (χ1v) is 9.26. The van der Waals surface area contributed by atoms with Gasteiger partial charge < -0.3 is 9.64 Å². The maximum absolute atomic E-state index is 12.6. The molecule has 0 radical (unpaired) electrons. The fraction of sp³-hybridized carbons (Fsp3) is 0.579. The Morgan fingerprint density at radius 2 is 1.96 bits per heavy atom. The van der Waals surface area contributed by atoms with Crippen LogP contribution in [0.2, 0.25) is 10.0 Å². The van der Waals surface area contributed by atoms with Crippen LogP contribution in [0.15, 0.2) is 18.2 Å². The second-order valence-electron chi connectivity index (χ2n) is 8.44. The van der Waals surface area contributed by atoms with E-state index < -0.39 is 5.97 Å². The van der Waals surface area contributed by atoms with Crippen molar-refractivity contribution in [1.82, 2.24) is 4.90 Å². The fourth-order valence-corrected chi connectivity index (χ4v) is 5.06. The van der Waals surface area contributed by atoms with E-state index in [1.165, 1.54) is 12.1 Å². The van der Waals surface area contributed by atoms with Crippen molar-refractivity contribution in [3.8, 4) is 0 Å². The molecule has 0 unspecified atom stereocenters. The lowest BCUT2D eigenvalue weighted by atomic mass is 9.65. The average Bonchev–Trinajstić information content (AvgIpc) is 2.76. The summed E-state index contributed by atoms with van der Waals surface area (Å²) >= 11 is 11.9. The summed E-state index contributed by atoms with van der Waals surface area (Å²) in [6, 6.07) is 4.81.